The van der Waals surface area contributed by atoms with Crippen LogP contribution in [-0.2, 0) is 6.54 Å². The van der Waals surface area contributed by atoms with E-state index >= 15 is 0 Å². The summed E-state index contributed by atoms with van der Waals surface area (Å²) in [5, 5.41) is 0.738. The molecule has 0 aliphatic heterocycles. The highest BCUT2D eigenvalue weighted by Gasteiger charge is 2.14. The predicted molar refractivity (Wildman–Crippen MR) is 81.1 cm³/mol. The lowest BCUT2D eigenvalue weighted by Gasteiger charge is -2.04. The van der Waals surface area contributed by atoms with Crippen LogP contribution in [0.25, 0.3) is 11.2 Å². The van der Waals surface area contributed by atoms with Gasteiger partial charge in [-0.15, -0.1) is 0 Å². The number of carbonyl (C=O) groups excluding carboxylic acids is 1. The second-order valence-electron chi connectivity index (χ2n) is 4.26. The molecule has 0 bridgehead atoms. The molecule has 2 heterocycles. The Morgan fingerprint density at radius 1 is 1.10 bits per heavy atom. The fourth-order valence-corrected chi connectivity index (χ4v) is 2.43. The molecule has 0 aliphatic carbocycles. The Morgan fingerprint density at radius 3 is 2.52 bits per heavy atom. The van der Waals surface area contributed by atoms with Crippen molar-refractivity contribution in [2.45, 2.75) is 6.54 Å². The van der Waals surface area contributed by atoms with Gasteiger partial charge in [-0.05, 0) is 35.9 Å². The number of fused-ring (bicyclic) bond motifs is 1. The summed E-state index contributed by atoms with van der Waals surface area (Å²) in [6.45, 7) is 0.0712. The number of ketones is 1. The van der Waals surface area contributed by atoms with Crippen molar-refractivity contribution in [2.24, 2.45) is 0 Å². The molecule has 8 heteroatoms. The number of imidazole rings is 1. The lowest BCUT2D eigenvalue weighted by molar-refractivity contribution is 0.0973. The Morgan fingerprint density at radius 2 is 1.81 bits per heavy atom. The number of benzene rings is 1. The maximum Gasteiger partial charge on any atom is 0.225 e. The van der Waals surface area contributed by atoms with E-state index < -0.39 is 0 Å². The fourth-order valence-electron chi connectivity index (χ4n) is 1.88. The van der Waals surface area contributed by atoms with E-state index in [0.29, 0.717) is 21.7 Å². The van der Waals surface area contributed by atoms with E-state index in [4.69, 9.17) is 34.8 Å². The summed E-state index contributed by atoms with van der Waals surface area (Å²) >= 11 is 17.5. The molecule has 0 aliphatic rings. The molecule has 3 aromatic rings. The van der Waals surface area contributed by atoms with Gasteiger partial charge in [0.2, 0.25) is 5.28 Å². The summed E-state index contributed by atoms with van der Waals surface area (Å²) in [7, 11) is 0. The maximum atomic E-state index is 12.2. The van der Waals surface area contributed by atoms with Gasteiger partial charge in [0.15, 0.2) is 16.6 Å². The van der Waals surface area contributed by atoms with E-state index in [1.165, 1.54) is 6.33 Å². The number of hydrogen-bond acceptors (Lipinski definition) is 4. The first-order valence-electron chi connectivity index (χ1n) is 5.87. The Labute approximate surface area is 134 Å². The SMILES string of the molecule is O=C(Cn1cnc2c(Cl)nc(Cl)nc21)c1ccc(Cl)cc1. The average molecular weight is 342 g/mol. The molecule has 0 spiro atoms. The lowest BCUT2D eigenvalue weighted by Crippen LogP contribution is -2.10. The molecular weight excluding hydrogens is 335 g/mol. The summed E-state index contributed by atoms with van der Waals surface area (Å²) in [6, 6.07) is 6.66. The number of halogens is 3. The standard InChI is InChI=1S/C13H7Cl3N4O/c14-8-3-1-7(2-4-8)9(21)5-20-6-17-10-11(15)18-13(16)19-12(10)20/h1-4,6H,5H2. The Bertz CT molecular complexity index is 829. The van der Waals surface area contributed by atoms with Crippen LogP contribution in [0, 0.1) is 0 Å². The zero-order chi connectivity index (χ0) is 15.0. The molecule has 21 heavy (non-hydrogen) atoms. The molecule has 0 amide bonds. The van der Waals surface area contributed by atoms with Crippen molar-refractivity contribution in [2.75, 3.05) is 0 Å². The molecule has 106 valence electrons. The van der Waals surface area contributed by atoms with Crippen molar-refractivity contribution in [3.8, 4) is 0 Å². The number of rotatable bonds is 3. The molecule has 0 fully saturated rings. The Kier molecular flexibility index (Phi) is 3.80. The zero-order valence-electron chi connectivity index (χ0n) is 10.4. The predicted octanol–water partition coefficient (Wildman–Crippen LogP) is 3.67. The van der Waals surface area contributed by atoms with Crippen LogP contribution >= 0.6 is 34.8 Å². The third-order valence-electron chi connectivity index (χ3n) is 2.87. The lowest BCUT2D eigenvalue weighted by atomic mass is 10.1. The minimum absolute atomic E-state index is 0.00759. The van der Waals surface area contributed by atoms with E-state index in [2.05, 4.69) is 15.0 Å². The van der Waals surface area contributed by atoms with Crippen molar-refractivity contribution in [1.82, 2.24) is 19.5 Å². The van der Waals surface area contributed by atoms with Crippen LogP contribution in [0.1, 0.15) is 10.4 Å². The van der Waals surface area contributed by atoms with E-state index in [-0.39, 0.29) is 22.8 Å². The van der Waals surface area contributed by atoms with Crippen molar-refractivity contribution >= 4 is 51.7 Å². The van der Waals surface area contributed by atoms with Crippen molar-refractivity contribution in [3.05, 3.63) is 51.6 Å². The number of Topliss-reactive ketones (excluding diaryl/α,β-unsaturated/α-hetero) is 1. The van der Waals surface area contributed by atoms with Gasteiger partial charge in [0.1, 0.15) is 5.52 Å². The van der Waals surface area contributed by atoms with Crippen LogP contribution in [-0.4, -0.2) is 25.3 Å². The second kappa shape index (κ2) is 5.60. The largest absolute Gasteiger partial charge is 0.307 e. The molecule has 2 aromatic heterocycles. The highest BCUT2D eigenvalue weighted by Crippen LogP contribution is 2.21. The van der Waals surface area contributed by atoms with Crippen LogP contribution < -0.4 is 0 Å². The monoisotopic (exact) mass is 340 g/mol. The van der Waals surface area contributed by atoms with Crippen LogP contribution in [0.3, 0.4) is 0 Å². The Balaban J connectivity index is 1.95. The summed E-state index contributed by atoms with van der Waals surface area (Å²) in [5.41, 5.74) is 1.37. The number of carbonyl (C=O) groups is 1. The summed E-state index contributed by atoms with van der Waals surface area (Å²) in [5.74, 6) is -0.100. The van der Waals surface area contributed by atoms with Crippen molar-refractivity contribution in [3.63, 3.8) is 0 Å². The fraction of sp³-hybridized carbons (Fsp3) is 0.0769. The Hall–Kier alpha value is -1.69. The first-order chi connectivity index (χ1) is 10.0. The smallest absolute Gasteiger partial charge is 0.225 e. The van der Waals surface area contributed by atoms with E-state index in [1.807, 2.05) is 0 Å². The van der Waals surface area contributed by atoms with Crippen LogP contribution in [0.4, 0.5) is 0 Å². The third kappa shape index (κ3) is 2.85. The first kappa shape index (κ1) is 14.3. The van der Waals surface area contributed by atoms with Gasteiger partial charge in [0, 0.05) is 10.6 Å². The molecule has 0 radical (unpaired) electrons. The molecule has 5 nitrogen and oxygen atoms in total. The zero-order valence-corrected chi connectivity index (χ0v) is 12.7. The van der Waals surface area contributed by atoms with Crippen LogP contribution in [0.2, 0.25) is 15.5 Å². The second-order valence-corrected chi connectivity index (χ2v) is 5.39. The number of aromatic nitrogens is 4. The highest BCUT2D eigenvalue weighted by atomic mass is 35.5. The van der Waals surface area contributed by atoms with Crippen molar-refractivity contribution < 1.29 is 4.79 Å². The molecule has 1 aromatic carbocycles. The number of nitrogens with zero attached hydrogens (tertiary/aromatic N) is 4. The first-order valence-corrected chi connectivity index (χ1v) is 7.00. The normalized spacial score (nSPS) is 11.0. The highest BCUT2D eigenvalue weighted by molar-refractivity contribution is 6.35. The van der Waals surface area contributed by atoms with Gasteiger partial charge >= 0.3 is 0 Å². The van der Waals surface area contributed by atoms with E-state index in [9.17, 15) is 4.79 Å². The summed E-state index contributed by atoms with van der Waals surface area (Å²) in [6.07, 6.45) is 1.48. The molecule has 3 rings (SSSR count). The topological polar surface area (TPSA) is 60.7 Å². The molecule has 0 saturated heterocycles. The van der Waals surface area contributed by atoms with Gasteiger partial charge in [-0.1, -0.05) is 23.2 Å². The molecular formula is C13H7Cl3N4O. The molecule has 0 saturated carbocycles. The molecule has 0 atom stereocenters. The van der Waals surface area contributed by atoms with Gasteiger partial charge in [-0.2, -0.15) is 4.98 Å². The van der Waals surface area contributed by atoms with E-state index in [0.717, 1.165) is 0 Å². The van der Waals surface area contributed by atoms with Gasteiger partial charge < -0.3 is 4.57 Å². The van der Waals surface area contributed by atoms with Gasteiger partial charge in [-0.3, -0.25) is 4.79 Å². The maximum absolute atomic E-state index is 12.2. The third-order valence-corrected chi connectivity index (χ3v) is 3.56. The van der Waals surface area contributed by atoms with Gasteiger partial charge in [0.05, 0.1) is 12.9 Å². The average Bonchev–Trinajstić information content (AvgIpc) is 2.83. The van der Waals surface area contributed by atoms with Gasteiger partial charge in [-0.25, -0.2) is 9.97 Å². The van der Waals surface area contributed by atoms with Crippen molar-refractivity contribution in [1.29, 1.82) is 0 Å². The quantitative estimate of drug-likeness (QED) is 0.414. The molecule has 0 unspecified atom stereocenters. The van der Waals surface area contributed by atoms with Crippen LogP contribution in [0.5, 0.6) is 0 Å². The minimum Gasteiger partial charge on any atom is -0.307 e. The van der Waals surface area contributed by atoms with E-state index in [1.54, 1.807) is 28.8 Å². The molecule has 0 N–H and O–H groups in total. The minimum atomic E-state index is -0.100. The summed E-state index contributed by atoms with van der Waals surface area (Å²) < 4.78 is 1.58. The van der Waals surface area contributed by atoms with Gasteiger partial charge in [0.25, 0.3) is 0 Å². The number of hydrogen-bond donors (Lipinski definition) is 0. The summed E-state index contributed by atoms with van der Waals surface area (Å²) in [4.78, 5) is 24.2. The van der Waals surface area contributed by atoms with Crippen LogP contribution in [0.15, 0.2) is 30.6 Å².